The van der Waals surface area contributed by atoms with E-state index >= 15 is 0 Å². The zero-order chi connectivity index (χ0) is 13.5. The summed E-state index contributed by atoms with van der Waals surface area (Å²) in [6.45, 7) is -2.10. The van der Waals surface area contributed by atoms with Crippen molar-refractivity contribution in [3.63, 3.8) is 0 Å². The quantitative estimate of drug-likeness (QED) is 0.779. The maximum Gasteiger partial charge on any atom is 0.231 e. The molecule has 0 saturated heterocycles. The number of nitrogens with two attached hydrogens (primary N) is 1. The maximum absolute atomic E-state index is 7.38. The number of hydrogen-bond acceptors (Lipinski definition) is 4. The molecule has 86 valence electrons. The Kier molecular flexibility index (Phi) is 1.80. The summed E-state index contributed by atoms with van der Waals surface area (Å²) in [4.78, 5) is 0. The van der Waals surface area contributed by atoms with E-state index in [4.69, 9.17) is 17.9 Å². The van der Waals surface area contributed by atoms with E-state index in [1.807, 2.05) is 12.1 Å². The molecule has 3 rings (SSSR count). The summed E-state index contributed by atoms with van der Waals surface area (Å²) < 4.78 is 24.8. The number of fused-ring (bicyclic) bond motifs is 1. The first kappa shape index (κ1) is 7.84. The van der Waals surface area contributed by atoms with Crippen molar-refractivity contribution in [3.8, 4) is 11.5 Å². The highest BCUT2D eigenvalue weighted by molar-refractivity contribution is 5.65. The van der Waals surface area contributed by atoms with Gasteiger partial charge in [0.1, 0.15) is 2.74 Å². The Morgan fingerprint density at radius 2 is 1.71 bits per heavy atom. The topological polar surface area (TPSA) is 56.5 Å². The fraction of sp³-hybridized carbons (Fsp3) is 0.0769. The van der Waals surface area contributed by atoms with Crippen LogP contribution >= 0.6 is 0 Å². The van der Waals surface area contributed by atoms with Gasteiger partial charge in [-0.15, -0.1) is 0 Å². The van der Waals surface area contributed by atoms with Gasteiger partial charge in [-0.1, -0.05) is 0 Å². The molecule has 0 unspecified atom stereocenters. The van der Waals surface area contributed by atoms with Gasteiger partial charge in [-0.05, 0) is 36.4 Å². The highest BCUT2D eigenvalue weighted by Crippen LogP contribution is 2.35. The van der Waals surface area contributed by atoms with E-state index in [0.29, 0.717) is 17.2 Å². The van der Waals surface area contributed by atoms with Crippen LogP contribution in [0, 0.1) is 0 Å². The Morgan fingerprint density at radius 1 is 1.00 bits per heavy atom. The van der Waals surface area contributed by atoms with Crippen LogP contribution in [0.2, 0.25) is 0 Å². The summed E-state index contributed by atoms with van der Waals surface area (Å²) in [7, 11) is 0. The molecular weight excluding hydrogens is 216 g/mol. The third-order valence-electron chi connectivity index (χ3n) is 2.45. The Labute approximate surface area is 102 Å². The first-order chi connectivity index (χ1) is 9.02. The summed E-state index contributed by atoms with van der Waals surface area (Å²) in [5.74, 6) is 0.776. The highest BCUT2D eigenvalue weighted by atomic mass is 16.7. The van der Waals surface area contributed by atoms with Gasteiger partial charge in [0.25, 0.3) is 0 Å². The lowest BCUT2D eigenvalue weighted by Gasteiger charge is -2.07. The largest absolute Gasteiger partial charge is 0.454 e. The van der Waals surface area contributed by atoms with Gasteiger partial charge in [-0.2, -0.15) is 0 Å². The summed E-state index contributed by atoms with van der Waals surface area (Å²) >= 11 is 0. The van der Waals surface area contributed by atoms with Crippen molar-refractivity contribution in [2.45, 2.75) is 0 Å². The summed E-state index contributed by atoms with van der Waals surface area (Å²) in [5.41, 5.74) is 7.98. The van der Waals surface area contributed by atoms with Crippen molar-refractivity contribution in [1.82, 2.24) is 0 Å². The van der Waals surface area contributed by atoms with Crippen LogP contribution in [0.25, 0.3) is 0 Å². The number of nitrogens with one attached hydrogen (secondary N) is 1. The number of hydrogen-bond donors (Lipinski definition) is 2. The zero-order valence-electron chi connectivity index (χ0n) is 10.9. The zero-order valence-corrected chi connectivity index (χ0v) is 8.94. The van der Waals surface area contributed by atoms with Crippen LogP contribution in [0.1, 0.15) is 2.74 Å². The molecule has 4 nitrogen and oxygen atoms in total. The molecule has 0 fully saturated rings. The molecule has 0 amide bonds. The average Bonchev–Trinajstić information content (AvgIpc) is 2.65. The molecule has 4 heteroatoms. The molecule has 0 radical (unpaired) electrons. The lowest BCUT2D eigenvalue weighted by molar-refractivity contribution is 0.174. The molecule has 2 aromatic carbocycles. The molecule has 0 saturated carbocycles. The molecule has 0 bridgehead atoms. The van der Waals surface area contributed by atoms with Gasteiger partial charge in [0.15, 0.2) is 11.5 Å². The number of benzene rings is 2. The molecule has 1 aliphatic heterocycles. The smallest absolute Gasteiger partial charge is 0.231 e. The van der Waals surface area contributed by atoms with Gasteiger partial charge in [-0.25, -0.2) is 0 Å². The molecule has 0 atom stereocenters. The lowest BCUT2D eigenvalue weighted by atomic mass is 10.2. The van der Waals surface area contributed by atoms with Crippen LogP contribution in [-0.2, 0) is 0 Å². The monoisotopic (exact) mass is 230 g/mol. The Bertz CT molecular complexity index is 615. The van der Waals surface area contributed by atoms with Gasteiger partial charge in [0.05, 0.1) is 0 Å². The first-order valence-electron chi connectivity index (χ1n) is 6.16. The summed E-state index contributed by atoms with van der Waals surface area (Å²) in [6, 6.07) is 12.5. The molecule has 0 aromatic heterocycles. The van der Waals surface area contributed by atoms with Crippen molar-refractivity contribution < 1.29 is 12.2 Å². The van der Waals surface area contributed by atoms with E-state index in [1.54, 1.807) is 30.3 Å². The third-order valence-corrected chi connectivity index (χ3v) is 2.45. The van der Waals surface area contributed by atoms with Crippen molar-refractivity contribution in [2.24, 2.45) is 0 Å². The van der Waals surface area contributed by atoms with Gasteiger partial charge >= 0.3 is 0 Å². The van der Waals surface area contributed by atoms with E-state index in [1.165, 1.54) is 0 Å². The lowest BCUT2D eigenvalue weighted by Crippen LogP contribution is -1.93. The standard InChI is InChI=1S/C13H12N2O2/c14-9-1-3-10(4-2-9)15-11-5-6-12-13(7-11)17-8-16-12/h1-7,15H,8,14H2/i8D2. The predicted molar refractivity (Wildman–Crippen MR) is 66.7 cm³/mol. The molecule has 1 aliphatic rings. The Hall–Kier alpha value is -2.36. The number of anilines is 3. The van der Waals surface area contributed by atoms with Crippen LogP contribution in [0.4, 0.5) is 17.1 Å². The van der Waals surface area contributed by atoms with E-state index in [2.05, 4.69) is 5.32 Å². The van der Waals surface area contributed by atoms with Crippen LogP contribution < -0.4 is 20.5 Å². The average molecular weight is 230 g/mol. The van der Waals surface area contributed by atoms with Crippen LogP contribution in [-0.4, -0.2) is 6.75 Å². The van der Waals surface area contributed by atoms with Crippen molar-refractivity contribution in [3.05, 3.63) is 42.5 Å². The second-order valence-corrected chi connectivity index (χ2v) is 3.70. The molecule has 1 heterocycles. The third kappa shape index (κ3) is 1.97. The highest BCUT2D eigenvalue weighted by Gasteiger charge is 2.12. The second kappa shape index (κ2) is 3.90. The van der Waals surface area contributed by atoms with Gasteiger partial charge in [0.2, 0.25) is 6.75 Å². The maximum atomic E-state index is 7.38. The normalized spacial score (nSPS) is 17.2. The molecule has 2 aromatic rings. The van der Waals surface area contributed by atoms with Crippen LogP contribution in [0.3, 0.4) is 0 Å². The fourth-order valence-corrected chi connectivity index (χ4v) is 1.59. The van der Waals surface area contributed by atoms with E-state index < -0.39 is 6.75 Å². The summed E-state index contributed by atoms with van der Waals surface area (Å²) in [6.07, 6.45) is 0. The van der Waals surface area contributed by atoms with Gasteiger partial charge in [-0.3, -0.25) is 0 Å². The van der Waals surface area contributed by atoms with Crippen molar-refractivity contribution in [1.29, 1.82) is 0 Å². The predicted octanol–water partition coefficient (Wildman–Crippen LogP) is 2.74. The molecule has 17 heavy (non-hydrogen) atoms. The molecule has 3 N–H and O–H groups in total. The SMILES string of the molecule is [2H]C1([2H])Oc2ccc(Nc3ccc(N)cc3)cc2O1. The van der Waals surface area contributed by atoms with Crippen molar-refractivity contribution >= 4 is 17.1 Å². The molecule has 0 spiro atoms. The number of nitrogen functional groups attached to an aromatic ring is 1. The second-order valence-electron chi connectivity index (χ2n) is 3.70. The van der Waals surface area contributed by atoms with Gasteiger partial charge < -0.3 is 20.5 Å². The van der Waals surface area contributed by atoms with Crippen molar-refractivity contribution in [2.75, 3.05) is 17.8 Å². The summed E-state index contributed by atoms with van der Waals surface area (Å²) in [5, 5.41) is 3.17. The molecule has 0 aliphatic carbocycles. The first-order valence-corrected chi connectivity index (χ1v) is 5.16. The van der Waals surface area contributed by atoms with E-state index in [9.17, 15) is 0 Å². The van der Waals surface area contributed by atoms with Crippen LogP contribution in [0.5, 0.6) is 11.5 Å². The van der Waals surface area contributed by atoms with E-state index in [-0.39, 0.29) is 0 Å². The number of ether oxygens (including phenoxy) is 2. The minimum atomic E-state index is -2.10. The van der Waals surface area contributed by atoms with E-state index in [0.717, 1.165) is 11.4 Å². The minimum Gasteiger partial charge on any atom is -0.454 e. The Balaban J connectivity index is 1.82. The molecular formula is C13H12N2O2. The van der Waals surface area contributed by atoms with Crippen LogP contribution in [0.15, 0.2) is 42.5 Å². The Morgan fingerprint density at radius 3 is 2.53 bits per heavy atom. The fourth-order valence-electron chi connectivity index (χ4n) is 1.59. The minimum absolute atomic E-state index is 0.380. The van der Waals surface area contributed by atoms with Gasteiger partial charge in [0, 0.05) is 23.1 Å². The number of rotatable bonds is 2.